The number of piperazine rings is 1. The van der Waals surface area contributed by atoms with E-state index in [0.717, 1.165) is 34.3 Å². The molecule has 1 aromatic heterocycles. The number of aromatic nitrogens is 1. The summed E-state index contributed by atoms with van der Waals surface area (Å²) >= 11 is 0. The lowest BCUT2D eigenvalue weighted by atomic mass is 9.85. The maximum atomic E-state index is 13.6. The highest BCUT2D eigenvalue weighted by atomic mass is 16.6. The van der Waals surface area contributed by atoms with E-state index in [1.165, 1.54) is 0 Å². The number of H-pyrrole nitrogens is 1. The van der Waals surface area contributed by atoms with Crippen LogP contribution >= 0.6 is 0 Å². The van der Waals surface area contributed by atoms with Gasteiger partial charge < -0.3 is 24.7 Å². The van der Waals surface area contributed by atoms with Crippen LogP contribution in [0.25, 0.3) is 10.9 Å². The summed E-state index contributed by atoms with van der Waals surface area (Å²) in [6.45, 7) is 9.65. The Hall–Kier alpha value is -3.03. The van der Waals surface area contributed by atoms with Crippen molar-refractivity contribution in [3.63, 3.8) is 0 Å². The lowest BCUT2D eigenvalue weighted by Gasteiger charge is -2.46. The van der Waals surface area contributed by atoms with Crippen molar-refractivity contribution in [2.24, 2.45) is 5.92 Å². The third-order valence-electron chi connectivity index (χ3n) is 6.47. The minimum Gasteiger partial charge on any atom is -0.497 e. The predicted molar refractivity (Wildman–Crippen MR) is 128 cm³/mol. The number of hydrogen-bond donors (Lipinski definition) is 2. The number of carbonyl (C=O) groups excluding carboxylic acids is 3. The largest absolute Gasteiger partial charge is 0.497 e. The number of rotatable bonds is 6. The van der Waals surface area contributed by atoms with Gasteiger partial charge in [-0.3, -0.25) is 14.4 Å². The molecule has 2 aromatic rings. The van der Waals surface area contributed by atoms with E-state index in [1.807, 2.05) is 18.2 Å². The van der Waals surface area contributed by atoms with Gasteiger partial charge in [-0.15, -0.1) is 0 Å². The summed E-state index contributed by atoms with van der Waals surface area (Å²) in [5.74, 6) is 0.383. The summed E-state index contributed by atoms with van der Waals surface area (Å²) in [5.41, 5.74) is 2.42. The second-order valence-corrected chi connectivity index (χ2v) is 10.7. The molecule has 0 unspecified atom stereocenters. The number of fused-ring (bicyclic) bond motifs is 4. The molecule has 1 aromatic carbocycles. The molecule has 2 aliphatic rings. The highest BCUT2D eigenvalue weighted by Crippen LogP contribution is 2.42. The molecule has 0 radical (unpaired) electrons. The quantitative estimate of drug-likeness (QED) is 0.629. The Morgan fingerprint density at radius 1 is 1.24 bits per heavy atom. The summed E-state index contributed by atoms with van der Waals surface area (Å²) < 4.78 is 10.8. The van der Waals surface area contributed by atoms with Crippen molar-refractivity contribution in [1.82, 2.24) is 15.2 Å². The third-order valence-corrected chi connectivity index (χ3v) is 6.47. The molecule has 34 heavy (non-hydrogen) atoms. The van der Waals surface area contributed by atoms with Crippen LogP contribution in [0.2, 0.25) is 0 Å². The van der Waals surface area contributed by atoms with Gasteiger partial charge in [0, 0.05) is 35.5 Å². The zero-order valence-electron chi connectivity index (χ0n) is 20.9. The van der Waals surface area contributed by atoms with Crippen LogP contribution in [-0.4, -0.2) is 52.5 Å². The number of carbonyl (C=O) groups is 3. The van der Waals surface area contributed by atoms with Gasteiger partial charge >= 0.3 is 5.97 Å². The molecule has 4 rings (SSSR count). The van der Waals surface area contributed by atoms with E-state index in [2.05, 4.69) is 24.1 Å². The van der Waals surface area contributed by atoms with Crippen LogP contribution in [0.3, 0.4) is 0 Å². The molecule has 3 heterocycles. The van der Waals surface area contributed by atoms with Crippen molar-refractivity contribution >= 4 is 28.7 Å². The first-order valence-electron chi connectivity index (χ1n) is 12.0. The first kappa shape index (κ1) is 24.1. The van der Waals surface area contributed by atoms with Gasteiger partial charge in [-0.2, -0.15) is 0 Å². The molecule has 2 amide bonds. The van der Waals surface area contributed by atoms with Crippen molar-refractivity contribution in [3.8, 4) is 5.75 Å². The highest BCUT2D eigenvalue weighted by Gasteiger charge is 2.48. The number of benzene rings is 1. The molecule has 0 spiro atoms. The Kier molecular flexibility index (Phi) is 6.36. The van der Waals surface area contributed by atoms with E-state index in [4.69, 9.17) is 9.47 Å². The Labute approximate surface area is 200 Å². The minimum atomic E-state index is -0.739. The zero-order chi connectivity index (χ0) is 24.8. The molecule has 3 atom stereocenters. The number of ether oxygens (including phenoxy) is 2. The Morgan fingerprint density at radius 2 is 1.97 bits per heavy atom. The zero-order valence-corrected chi connectivity index (χ0v) is 20.9. The van der Waals surface area contributed by atoms with Gasteiger partial charge in [0.05, 0.1) is 13.2 Å². The van der Waals surface area contributed by atoms with Crippen LogP contribution in [0, 0.1) is 5.92 Å². The molecule has 0 bridgehead atoms. The molecular formula is C26H35N3O5. The van der Waals surface area contributed by atoms with Gasteiger partial charge in [0.1, 0.15) is 23.4 Å². The van der Waals surface area contributed by atoms with Gasteiger partial charge in [-0.25, -0.2) is 0 Å². The predicted octanol–water partition coefficient (Wildman–Crippen LogP) is 3.64. The Balaban J connectivity index is 1.65. The van der Waals surface area contributed by atoms with E-state index in [9.17, 15) is 14.4 Å². The van der Waals surface area contributed by atoms with Crippen molar-refractivity contribution in [1.29, 1.82) is 0 Å². The number of nitrogens with zero attached hydrogens (tertiary/aromatic N) is 1. The number of aromatic amines is 1. The highest BCUT2D eigenvalue weighted by molar-refractivity contribution is 5.99. The minimum absolute atomic E-state index is 0.0682. The van der Waals surface area contributed by atoms with Crippen LogP contribution in [-0.2, 0) is 25.5 Å². The Morgan fingerprint density at radius 3 is 2.62 bits per heavy atom. The van der Waals surface area contributed by atoms with Crippen LogP contribution in [0.1, 0.15) is 71.2 Å². The molecular weight excluding hydrogens is 434 g/mol. The molecule has 2 N–H and O–H groups in total. The molecule has 2 aliphatic heterocycles. The molecule has 0 aliphatic carbocycles. The maximum absolute atomic E-state index is 13.6. The topological polar surface area (TPSA) is 101 Å². The van der Waals surface area contributed by atoms with Gasteiger partial charge in [0.25, 0.3) is 0 Å². The standard InChI is InChI=1S/C26H35N3O5/c1-14(2)11-20-23-17(16-8-7-15(33-6)12-19(16)27-23)13-21-24(31)28-18(25(32)29(20)21)9-10-22(30)34-26(3,4)5/h7-8,12,14,18,20-21,27H,9-11,13H2,1-6H3,(H,28,31)/t18-,20-,21+/m1/s1. The number of esters is 1. The number of hydrogen-bond acceptors (Lipinski definition) is 5. The lowest BCUT2D eigenvalue weighted by Crippen LogP contribution is -2.66. The van der Waals surface area contributed by atoms with Crippen LogP contribution < -0.4 is 10.1 Å². The van der Waals surface area contributed by atoms with Crippen molar-refractivity contribution in [3.05, 3.63) is 29.5 Å². The van der Waals surface area contributed by atoms with E-state index >= 15 is 0 Å². The summed E-state index contributed by atoms with van der Waals surface area (Å²) in [6, 6.07) is 4.33. The lowest BCUT2D eigenvalue weighted by molar-refractivity contribution is -0.157. The molecule has 1 saturated heterocycles. The molecule has 1 fully saturated rings. The average Bonchev–Trinajstić information content (AvgIpc) is 3.11. The molecule has 184 valence electrons. The molecule has 8 nitrogen and oxygen atoms in total. The summed E-state index contributed by atoms with van der Waals surface area (Å²) in [5, 5.41) is 3.93. The van der Waals surface area contributed by atoms with Crippen molar-refractivity contribution in [2.75, 3.05) is 7.11 Å². The van der Waals surface area contributed by atoms with E-state index < -0.39 is 17.7 Å². The fourth-order valence-electron chi connectivity index (χ4n) is 5.10. The van der Waals surface area contributed by atoms with E-state index in [-0.39, 0.29) is 36.7 Å². The molecule has 0 saturated carbocycles. The first-order chi connectivity index (χ1) is 16.0. The van der Waals surface area contributed by atoms with E-state index in [1.54, 1.807) is 32.8 Å². The maximum Gasteiger partial charge on any atom is 0.306 e. The second kappa shape index (κ2) is 8.96. The normalized spacial score (nSPS) is 22.4. The van der Waals surface area contributed by atoms with Crippen molar-refractivity contribution < 1.29 is 23.9 Å². The second-order valence-electron chi connectivity index (χ2n) is 10.7. The summed E-state index contributed by atoms with van der Waals surface area (Å²) in [6.07, 6.45) is 1.46. The summed E-state index contributed by atoms with van der Waals surface area (Å²) in [7, 11) is 1.63. The van der Waals surface area contributed by atoms with Gasteiger partial charge in [-0.05, 0) is 57.2 Å². The van der Waals surface area contributed by atoms with Gasteiger partial charge in [-0.1, -0.05) is 13.8 Å². The Bertz CT molecular complexity index is 1110. The van der Waals surface area contributed by atoms with Crippen molar-refractivity contribution in [2.45, 2.75) is 84.0 Å². The average molecular weight is 470 g/mol. The monoisotopic (exact) mass is 469 g/mol. The third kappa shape index (κ3) is 4.63. The van der Waals surface area contributed by atoms with Crippen LogP contribution in [0.15, 0.2) is 18.2 Å². The number of methoxy groups -OCH3 is 1. The number of nitrogens with one attached hydrogen (secondary N) is 2. The number of amides is 2. The van der Waals surface area contributed by atoms with Crippen LogP contribution in [0.4, 0.5) is 0 Å². The van der Waals surface area contributed by atoms with Crippen LogP contribution in [0.5, 0.6) is 5.75 Å². The first-order valence-corrected chi connectivity index (χ1v) is 12.0. The summed E-state index contributed by atoms with van der Waals surface area (Å²) in [4.78, 5) is 44.4. The van der Waals surface area contributed by atoms with Gasteiger partial charge in [0.2, 0.25) is 11.8 Å². The van der Waals surface area contributed by atoms with Gasteiger partial charge in [0.15, 0.2) is 0 Å². The smallest absolute Gasteiger partial charge is 0.306 e. The fourth-order valence-corrected chi connectivity index (χ4v) is 5.10. The SMILES string of the molecule is COc1ccc2c3c([nH]c2c1)[C@@H](CC(C)C)N1C(=O)[C@@H](CCC(=O)OC(C)(C)C)NC(=O)[C@@H]1C3. The molecule has 8 heteroatoms. The fraction of sp³-hybridized carbons (Fsp3) is 0.577. The van der Waals surface area contributed by atoms with E-state index in [0.29, 0.717) is 12.3 Å².